The second kappa shape index (κ2) is 8.01. The number of rotatable bonds is 6. The lowest BCUT2D eigenvalue weighted by molar-refractivity contribution is 0.326. The first-order chi connectivity index (χ1) is 14.3. The number of anilines is 1. The molecular formula is C23H24N6. The molecule has 1 atom stereocenters. The average Bonchev–Trinajstić information content (AvgIpc) is 3.40. The Balaban J connectivity index is 1.26. The number of aromatic amines is 1. The van der Waals surface area contributed by atoms with Gasteiger partial charge in [-0.25, -0.2) is 4.98 Å². The Kier molecular flexibility index (Phi) is 4.92. The molecule has 0 bridgehead atoms. The molecule has 6 nitrogen and oxygen atoms in total. The average molecular weight is 384 g/mol. The van der Waals surface area contributed by atoms with E-state index in [4.69, 9.17) is 4.98 Å². The lowest BCUT2D eigenvalue weighted by Crippen LogP contribution is -2.19. The number of nitrogens with zero attached hydrogens (tertiary/aromatic N) is 4. The number of aromatic nitrogens is 4. The van der Waals surface area contributed by atoms with Gasteiger partial charge in [0.2, 0.25) is 0 Å². The van der Waals surface area contributed by atoms with Crippen molar-refractivity contribution in [3.63, 3.8) is 0 Å². The van der Waals surface area contributed by atoms with Crippen molar-refractivity contribution in [3.05, 3.63) is 83.8 Å². The Morgan fingerprint density at radius 3 is 2.79 bits per heavy atom. The number of likely N-dealkylation sites (tertiary alicyclic amines) is 1. The third-order valence-electron chi connectivity index (χ3n) is 5.55. The van der Waals surface area contributed by atoms with Crippen molar-refractivity contribution in [2.75, 3.05) is 18.4 Å². The Morgan fingerprint density at radius 2 is 1.93 bits per heavy atom. The van der Waals surface area contributed by atoms with E-state index < -0.39 is 0 Å². The van der Waals surface area contributed by atoms with Crippen molar-refractivity contribution in [2.45, 2.75) is 25.4 Å². The first kappa shape index (κ1) is 17.8. The number of pyridine rings is 2. The van der Waals surface area contributed by atoms with E-state index in [1.54, 1.807) is 6.20 Å². The zero-order valence-electron chi connectivity index (χ0n) is 16.3. The molecule has 6 heteroatoms. The van der Waals surface area contributed by atoms with Crippen LogP contribution in [0.5, 0.6) is 0 Å². The number of nitrogens with one attached hydrogen (secondary N) is 2. The summed E-state index contributed by atoms with van der Waals surface area (Å²) in [5.74, 6) is 1.29. The Hall–Kier alpha value is -3.25. The molecular weight excluding hydrogens is 360 g/mol. The fraction of sp³-hybridized carbons (Fsp3) is 0.261. The predicted octanol–water partition coefficient (Wildman–Crippen LogP) is 3.95. The number of benzene rings is 1. The van der Waals surface area contributed by atoms with E-state index in [1.807, 2.05) is 18.2 Å². The topological polar surface area (TPSA) is 69.7 Å². The summed E-state index contributed by atoms with van der Waals surface area (Å²) in [7, 11) is 0. The van der Waals surface area contributed by atoms with Crippen molar-refractivity contribution < 1.29 is 0 Å². The van der Waals surface area contributed by atoms with Gasteiger partial charge in [-0.1, -0.05) is 36.4 Å². The summed E-state index contributed by atoms with van der Waals surface area (Å²) in [6, 6.07) is 20.9. The molecule has 4 heterocycles. The molecule has 1 aliphatic rings. The summed E-state index contributed by atoms with van der Waals surface area (Å²) in [4.78, 5) is 11.7. The van der Waals surface area contributed by atoms with Crippen LogP contribution in [0.3, 0.4) is 0 Å². The van der Waals surface area contributed by atoms with Crippen LogP contribution in [0.1, 0.15) is 29.3 Å². The highest BCUT2D eigenvalue weighted by Gasteiger charge is 2.25. The Bertz CT molecular complexity index is 1080. The van der Waals surface area contributed by atoms with Crippen molar-refractivity contribution in [2.24, 2.45) is 0 Å². The van der Waals surface area contributed by atoms with Crippen molar-refractivity contribution >= 4 is 16.9 Å². The van der Waals surface area contributed by atoms with E-state index in [9.17, 15) is 0 Å². The molecule has 1 aromatic carbocycles. The first-order valence-corrected chi connectivity index (χ1v) is 10.1. The van der Waals surface area contributed by atoms with Crippen LogP contribution < -0.4 is 5.32 Å². The summed E-state index contributed by atoms with van der Waals surface area (Å²) in [5.41, 5.74) is 4.34. The lowest BCUT2D eigenvalue weighted by Gasteiger charge is -2.16. The molecule has 0 aliphatic carbocycles. The molecule has 0 saturated carbocycles. The summed E-state index contributed by atoms with van der Waals surface area (Å²) in [6.07, 6.45) is 2.94. The summed E-state index contributed by atoms with van der Waals surface area (Å²) >= 11 is 0. The van der Waals surface area contributed by atoms with Gasteiger partial charge in [-0.15, -0.1) is 0 Å². The number of fused-ring (bicyclic) bond motifs is 1. The molecule has 2 N–H and O–H groups in total. The van der Waals surface area contributed by atoms with E-state index in [0.717, 1.165) is 54.3 Å². The minimum absolute atomic E-state index is 0.469. The molecule has 1 fully saturated rings. The third-order valence-corrected chi connectivity index (χ3v) is 5.55. The molecule has 146 valence electrons. The van der Waals surface area contributed by atoms with E-state index >= 15 is 0 Å². The maximum atomic E-state index is 4.87. The molecule has 5 rings (SSSR count). The minimum atomic E-state index is 0.469. The van der Waals surface area contributed by atoms with Crippen molar-refractivity contribution in [3.8, 4) is 0 Å². The number of hydrogen-bond donors (Lipinski definition) is 2. The fourth-order valence-corrected chi connectivity index (χ4v) is 4.02. The standard InChI is InChI=1S/C23H24N6/c1-2-6-17(7-3-1)15-29-13-11-18(16-29)21-10-9-20-22(27-28-23(20)26-21)25-14-19-8-4-5-12-24-19/h1-10,12,18H,11,13-16H2,(H2,25,26,27,28)/t18-/m0/s1. The summed E-state index contributed by atoms with van der Waals surface area (Å²) in [5, 5.41) is 11.9. The van der Waals surface area contributed by atoms with Gasteiger partial charge in [-0.2, -0.15) is 5.10 Å². The molecule has 1 saturated heterocycles. The van der Waals surface area contributed by atoms with Crippen LogP contribution in [-0.2, 0) is 13.1 Å². The maximum Gasteiger partial charge on any atom is 0.157 e. The van der Waals surface area contributed by atoms with Crippen molar-refractivity contribution in [1.29, 1.82) is 0 Å². The van der Waals surface area contributed by atoms with Crippen LogP contribution >= 0.6 is 0 Å². The van der Waals surface area contributed by atoms with E-state index in [-0.39, 0.29) is 0 Å². The first-order valence-electron chi connectivity index (χ1n) is 10.1. The third kappa shape index (κ3) is 3.98. The van der Waals surface area contributed by atoms with Gasteiger partial charge in [-0.05, 0) is 42.8 Å². The second-order valence-corrected chi connectivity index (χ2v) is 7.59. The van der Waals surface area contributed by atoms with E-state index in [0.29, 0.717) is 12.5 Å². The van der Waals surface area contributed by atoms with Gasteiger partial charge < -0.3 is 5.32 Å². The predicted molar refractivity (Wildman–Crippen MR) is 115 cm³/mol. The van der Waals surface area contributed by atoms with Crippen molar-refractivity contribution in [1.82, 2.24) is 25.1 Å². The Labute approximate surface area is 170 Å². The minimum Gasteiger partial charge on any atom is -0.362 e. The van der Waals surface area contributed by atoms with E-state index in [1.165, 1.54) is 5.56 Å². The van der Waals surface area contributed by atoms with Crippen LogP contribution in [0.4, 0.5) is 5.82 Å². The number of H-pyrrole nitrogens is 1. The van der Waals surface area contributed by atoms with E-state index in [2.05, 4.69) is 67.9 Å². The molecule has 3 aromatic heterocycles. The highest BCUT2D eigenvalue weighted by molar-refractivity contribution is 5.87. The molecule has 4 aromatic rings. The highest BCUT2D eigenvalue weighted by Crippen LogP contribution is 2.29. The zero-order valence-corrected chi connectivity index (χ0v) is 16.3. The van der Waals surface area contributed by atoms with Gasteiger partial charge in [0.1, 0.15) is 0 Å². The maximum absolute atomic E-state index is 4.87. The normalized spacial score (nSPS) is 17.0. The second-order valence-electron chi connectivity index (χ2n) is 7.59. The van der Waals surface area contributed by atoms with Gasteiger partial charge in [0.15, 0.2) is 11.5 Å². The Morgan fingerprint density at radius 1 is 1.03 bits per heavy atom. The molecule has 0 unspecified atom stereocenters. The summed E-state index contributed by atoms with van der Waals surface area (Å²) in [6.45, 7) is 3.80. The molecule has 0 spiro atoms. The van der Waals surface area contributed by atoms with Gasteiger partial charge in [-0.3, -0.25) is 15.0 Å². The SMILES string of the molecule is c1ccc(CN2CC[C@H](c3ccc4c(NCc5ccccn5)n[nH]c4n3)C2)cc1. The van der Waals surface area contributed by atoms with Crippen LogP contribution in [-0.4, -0.2) is 38.2 Å². The van der Waals surface area contributed by atoms with Gasteiger partial charge in [0, 0.05) is 30.9 Å². The summed E-state index contributed by atoms with van der Waals surface area (Å²) < 4.78 is 0. The molecule has 0 amide bonds. The smallest absolute Gasteiger partial charge is 0.157 e. The van der Waals surface area contributed by atoms with Crippen LogP contribution in [0.25, 0.3) is 11.0 Å². The molecule has 29 heavy (non-hydrogen) atoms. The van der Waals surface area contributed by atoms with Crippen LogP contribution in [0, 0.1) is 0 Å². The largest absolute Gasteiger partial charge is 0.362 e. The molecule has 1 aliphatic heterocycles. The zero-order chi connectivity index (χ0) is 19.5. The molecule has 0 radical (unpaired) electrons. The van der Waals surface area contributed by atoms with Gasteiger partial charge >= 0.3 is 0 Å². The highest BCUT2D eigenvalue weighted by atomic mass is 15.2. The quantitative estimate of drug-likeness (QED) is 0.527. The van der Waals surface area contributed by atoms with Crippen LogP contribution in [0.2, 0.25) is 0 Å². The lowest BCUT2D eigenvalue weighted by atomic mass is 10.0. The fourth-order valence-electron chi connectivity index (χ4n) is 4.02. The van der Waals surface area contributed by atoms with Crippen LogP contribution in [0.15, 0.2) is 66.9 Å². The number of hydrogen-bond acceptors (Lipinski definition) is 5. The van der Waals surface area contributed by atoms with Gasteiger partial charge in [0.25, 0.3) is 0 Å². The monoisotopic (exact) mass is 384 g/mol. The van der Waals surface area contributed by atoms with Gasteiger partial charge in [0.05, 0.1) is 17.6 Å².